The lowest BCUT2D eigenvalue weighted by molar-refractivity contribution is -0.274. The highest BCUT2D eigenvalue weighted by atomic mass is 19.4. The second kappa shape index (κ2) is 9.50. The number of phenols is 1. The van der Waals surface area contributed by atoms with Gasteiger partial charge in [-0.2, -0.15) is 13.2 Å². The zero-order chi connectivity index (χ0) is 23.2. The highest BCUT2D eigenvalue weighted by Crippen LogP contribution is 2.47. The Morgan fingerprint density at radius 3 is 1.81 bits per heavy atom. The van der Waals surface area contributed by atoms with Gasteiger partial charge in [-0.3, -0.25) is 0 Å². The molecule has 0 bridgehead atoms. The van der Waals surface area contributed by atoms with Gasteiger partial charge in [-0.25, -0.2) is 13.2 Å². The fraction of sp³-hybridized carbons (Fsp3) is 0.143. The van der Waals surface area contributed by atoms with Crippen LogP contribution in [0, 0.1) is 0 Å². The van der Waals surface area contributed by atoms with Crippen molar-refractivity contribution in [2.24, 2.45) is 0 Å². The number of aromatic hydroxyl groups is 1. The van der Waals surface area contributed by atoms with Crippen LogP contribution >= 0.6 is 0 Å². The summed E-state index contributed by atoms with van der Waals surface area (Å²) in [5.74, 6) is 1.01. The zero-order valence-corrected chi connectivity index (χ0v) is 15.8. The van der Waals surface area contributed by atoms with E-state index in [2.05, 4.69) is 0 Å². The number of benzene rings is 3. The Bertz CT molecular complexity index is 981. The summed E-state index contributed by atoms with van der Waals surface area (Å²) >= 11 is 0. The lowest BCUT2D eigenvalue weighted by Crippen LogP contribution is -2.44. The Kier molecular flexibility index (Phi) is 7.27. The molecule has 0 aliphatic rings. The lowest BCUT2D eigenvalue weighted by Gasteiger charge is -2.27. The molecule has 4 nitrogen and oxygen atoms in total. The molecule has 0 spiro atoms. The van der Waals surface area contributed by atoms with E-state index >= 15 is 0 Å². The van der Waals surface area contributed by atoms with Gasteiger partial charge in [-0.05, 0) is 48.5 Å². The Hall–Kier alpha value is -3.56. The molecule has 166 valence electrons. The number of ether oxygens (including phenoxy) is 1. The van der Waals surface area contributed by atoms with E-state index in [1.165, 1.54) is 0 Å². The maximum absolute atomic E-state index is 13.5. The summed E-state index contributed by atoms with van der Waals surface area (Å²) in [7, 11) is 0. The molecular formula is C21H18F6N2O2. The Morgan fingerprint density at radius 1 is 0.774 bits per heavy atom. The molecule has 5 N–H and O–H groups in total. The number of rotatable bonds is 4. The molecule has 1 atom stereocenters. The summed E-state index contributed by atoms with van der Waals surface area (Å²) in [6.45, 7) is 0. The van der Waals surface area contributed by atoms with Crippen molar-refractivity contribution in [2.45, 2.75) is 18.3 Å². The molecule has 0 saturated carbocycles. The average Bonchev–Trinajstić information content (AvgIpc) is 2.71. The number of phenolic OH excluding ortho intramolecular Hbond substituents is 1. The molecule has 0 fully saturated rings. The van der Waals surface area contributed by atoms with E-state index in [0.29, 0.717) is 18.2 Å². The van der Waals surface area contributed by atoms with Gasteiger partial charge < -0.3 is 21.3 Å². The van der Waals surface area contributed by atoms with Crippen LogP contribution in [0.1, 0.15) is 5.56 Å². The minimum atomic E-state index is -5.79. The number of nitrogens with two attached hydrogens (primary N) is 2. The van der Waals surface area contributed by atoms with Gasteiger partial charge in [0.15, 0.2) is 0 Å². The standard InChI is InChI=1S/C12H11NO.C9H7F6NO/c13-10-6-8-12(9-7-10)14-11-4-2-1-3-5-11;10-7(11)8(12,9(13,14)15)4-1-2-6(17)5(16)3-4/h1-9H,13H2;1-3,7,17H,16H2. The van der Waals surface area contributed by atoms with Crippen LogP contribution in [-0.2, 0) is 5.67 Å². The van der Waals surface area contributed by atoms with E-state index in [0.717, 1.165) is 17.2 Å². The normalized spacial score (nSPS) is 13.1. The van der Waals surface area contributed by atoms with Crippen molar-refractivity contribution >= 4 is 11.4 Å². The molecule has 3 aromatic carbocycles. The van der Waals surface area contributed by atoms with Gasteiger partial charge in [0, 0.05) is 11.3 Å². The molecule has 0 aromatic heterocycles. The molecule has 0 heterocycles. The van der Waals surface area contributed by atoms with Gasteiger partial charge in [0.25, 0.3) is 12.1 Å². The summed E-state index contributed by atoms with van der Waals surface area (Å²) < 4.78 is 80.6. The first-order valence-electron chi connectivity index (χ1n) is 8.66. The number of hydrogen-bond acceptors (Lipinski definition) is 4. The second-order valence-corrected chi connectivity index (χ2v) is 6.27. The molecule has 0 amide bonds. The number of hydrogen-bond donors (Lipinski definition) is 3. The Balaban J connectivity index is 0.000000224. The van der Waals surface area contributed by atoms with E-state index in [1.807, 2.05) is 54.6 Å². The molecule has 0 aliphatic carbocycles. The Labute approximate surface area is 173 Å². The summed E-state index contributed by atoms with van der Waals surface area (Å²) in [6.07, 6.45) is -10.1. The molecule has 0 saturated heterocycles. The number of nitrogen functional groups attached to an aromatic ring is 2. The predicted molar refractivity (Wildman–Crippen MR) is 105 cm³/mol. The third kappa shape index (κ3) is 5.74. The van der Waals surface area contributed by atoms with Gasteiger partial charge in [0.2, 0.25) is 0 Å². The predicted octanol–water partition coefficient (Wildman–Crippen LogP) is 6.03. The van der Waals surface area contributed by atoms with Crippen LogP contribution in [0.15, 0.2) is 72.8 Å². The molecule has 0 aliphatic heterocycles. The minimum Gasteiger partial charge on any atom is -0.506 e. The average molecular weight is 444 g/mol. The van der Waals surface area contributed by atoms with Gasteiger partial charge in [0.05, 0.1) is 5.69 Å². The van der Waals surface area contributed by atoms with Gasteiger partial charge in [-0.15, -0.1) is 0 Å². The van der Waals surface area contributed by atoms with E-state index in [1.54, 1.807) is 0 Å². The van der Waals surface area contributed by atoms with Gasteiger partial charge in [0.1, 0.15) is 17.2 Å². The lowest BCUT2D eigenvalue weighted by atomic mass is 9.95. The number of alkyl halides is 6. The van der Waals surface area contributed by atoms with Crippen molar-refractivity contribution < 1.29 is 36.2 Å². The van der Waals surface area contributed by atoms with Gasteiger partial charge in [-0.1, -0.05) is 24.3 Å². The highest BCUT2D eigenvalue weighted by molar-refractivity contribution is 5.54. The molecule has 31 heavy (non-hydrogen) atoms. The summed E-state index contributed by atoms with van der Waals surface area (Å²) in [6, 6.07) is 18.3. The quantitative estimate of drug-likeness (QED) is 0.261. The largest absolute Gasteiger partial charge is 0.506 e. The highest BCUT2D eigenvalue weighted by Gasteiger charge is 2.64. The van der Waals surface area contributed by atoms with Crippen LogP contribution in [-0.4, -0.2) is 17.7 Å². The van der Waals surface area contributed by atoms with Crippen molar-refractivity contribution in [1.29, 1.82) is 0 Å². The minimum absolute atomic E-state index is 0.328. The summed E-state index contributed by atoms with van der Waals surface area (Å²) in [4.78, 5) is 0. The maximum Gasteiger partial charge on any atom is 0.432 e. The third-order valence-electron chi connectivity index (χ3n) is 4.02. The maximum atomic E-state index is 13.5. The van der Waals surface area contributed by atoms with Crippen LogP contribution in [0.2, 0.25) is 0 Å². The van der Waals surface area contributed by atoms with Crippen LogP contribution in [0.4, 0.5) is 37.7 Å². The topological polar surface area (TPSA) is 81.5 Å². The smallest absolute Gasteiger partial charge is 0.432 e. The van der Waals surface area contributed by atoms with Crippen LogP contribution in [0.3, 0.4) is 0 Å². The monoisotopic (exact) mass is 444 g/mol. The van der Waals surface area contributed by atoms with E-state index in [4.69, 9.17) is 21.3 Å². The third-order valence-corrected chi connectivity index (χ3v) is 4.02. The SMILES string of the molecule is Nc1cc(C(F)(C(F)F)C(F)(F)F)ccc1O.Nc1ccc(Oc2ccccc2)cc1. The number of anilines is 2. The van der Waals surface area contributed by atoms with Gasteiger partial charge >= 0.3 is 6.18 Å². The molecule has 3 rings (SSSR count). The number of halogens is 6. The summed E-state index contributed by atoms with van der Waals surface area (Å²) in [5.41, 5.74) is 4.56. The van der Waals surface area contributed by atoms with Crippen molar-refractivity contribution in [1.82, 2.24) is 0 Å². The van der Waals surface area contributed by atoms with Crippen molar-refractivity contribution in [3.05, 3.63) is 78.4 Å². The van der Waals surface area contributed by atoms with Crippen molar-refractivity contribution in [2.75, 3.05) is 11.5 Å². The first-order chi connectivity index (χ1) is 14.4. The fourth-order valence-corrected chi connectivity index (χ4v) is 2.35. The molecular weight excluding hydrogens is 426 g/mol. The molecule has 1 unspecified atom stereocenters. The Morgan fingerprint density at radius 2 is 1.32 bits per heavy atom. The number of para-hydroxylation sites is 1. The van der Waals surface area contributed by atoms with Crippen LogP contribution in [0.25, 0.3) is 0 Å². The van der Waals surface area contributed by atoms with Crippen LogP contribution in [0.5, 0.6) is 17.2 Å². The molecule has 3 aromatic rings. The zero-order valence-electron chi connectivity index (χ0n) is 15.8. The van der Waals surface area contributed by atoms with Crippen LogP contribution < -0.4 is 16.2 Å². The van der Waals surface area contributed by atoms with Crippen molar-refractivity contribution in [3.8, 4) is 17.2 Å². The first kappa shape index (κ1) is 23.7. The molecule has 0 radical (unpaired) electrons. The van der Waals surface area contributed by atoms with E-state index < -0.39 is 35.3 Å². The van der Waals surface area contributed by atoms with Crippen molar-refractivity contribution in [3.63, 3.8) is 0 Å². The molecule has 10 heteroatoms. The fourth-order valence-electron chi connectivity index (χ4n) is 2.35. The summed E-state index contributed by atoms with van der Waals surface area (Å²) in [5, 5.41) is 8.93. The first-order valence-corrected chi connectivity index (χ1v) is 8.66. The second-order valence-electron chi connectivity index (χ2n) is 6.27. The van der Waals surface area contributed by atoms with E-state index in [-0.39, 0.29) is 0 Å². The van der Waals surface area contributed by atoms with E-state index in [9.17, 15) is 26.3 Å².